The first-order valence-corrected chi connectivity index (χ1v) is 5.03. The lowest BCUT2D eigenvalue weighted by Crippen LogP contribution is -1.72. The normalized spacial score (nSPS) is 12.5. The van der Waals surface area contributed by atoms with Gasteiger partial charge in [0, 0.05) is 0 Å². The Morgan fingerprint density at radius 1 is 1.45 bits per heavy atom. The van der Waals surface area contributed by atoms with Crippen molar-refractivity contribution in [2.24, 2.45) is 0 Å². The van der Waals surface area contributed by atoms with Gasteiger partial charge in [-0.3, -0.25) is 0 Å². The van der Waals surface area contributed by atoms with Gasteiger partial charge in [0.1, 0.15) is 0 Å². The first-order chi connectivity index (χ1) is 5.24. The maximum atomic E-state index is 3.86. The second kappa shape index (κ2) is 6.29. The molecule has 0 bridgehead atoms. The fourth-order valence-corrected chi connectivity index (χ4v) is 0.890. The summed E-state index contributed by atoms with van der Waals surface area (Å²) in [6.07, 6.45) is 9.44. The minimum Gasteiger partial charge on any atom is -0.130 e. The van der Waals surface area contributed by atoms with Crippen LogP contribution in [0.4, 0.5) is 0 Å². The first-order valence-electron chi connectivity index (χ1n) is 3.80. The van der Waals surface area contributed by atoms with Crippen molar-refractivity contribution in [2.75, 3.05) is 6.26 Å². The molecule has 0 aliphatic rings. The van der Waals surface area contributed by atoms with Crippen LogP contribution in [0.1, 0.15) is 20.3 Å². The van der Waals surface area contributed by atoms with Gasteiger partial charge in [0.05, 0.1) is 0 Å². The van der Waals surface area contributed by atoms with Gasteiger partial charge in [0.2, 0.25) is 0 Å². The summed E-state index contributed by atoms with van der Waals surface area (Å²) < 4.78 is 0. The molecule has 0 radical (unpaired) electrons. The van der Waals surface area contributed by atoms with Crippen LogP contribution in [0.5, 0.6) is 0 Å². The van der Waals surface area contributed by atoms with Crippen molar-refractivity contribution in [1.29, 1.82) is 0 Å². The number of hydrogen-bond donors (Lipinski definition) is 0. The zero-order chi connectivity index (χ0) is 8.69. The average molecular weight is 168 g/mol. The quantitative estimate of drug-likeness (QED) is 0.576. The zero-order valence-electron chi connectivity index (χ0n) is 7.55. The summed E-state index contributed by atoms with van der Waals surface area (Å²) in [7, 11) is 0. The van der Waals surface area contributed by atoms with Gasteiger partial charge < -0.3 is 0 Å². The van der Waals surface area contributed by atoms with Gasteiger partial charge in [-0.05, 0) is 30.6 Å². The second-order valence-electron chi connectivity index (χ2n) is 2.22. The molecule has 0 amide bonds. The lowest BCUT2D eigenvalue weighted by molar-refractivity contribution is 1.14. The maximum absolute atomic E-state index is 3.86. The largest absolute Gasteiger partial charge is 0.130 e. The van der Waals surface area contributed by atoms with Crippen LogP contribution in [0.3, 0.4) is 0 Å². The SMILES string of the molecule is C=C(/C=C\C(=C/C)CC)SC. The fourth-order valence-electron chi connectivity index (χ4n) is 0.686. The van der Waals surface area contributed by atoms with Crippen LogP contribution in [0, 0.1) is 0 Å². The van der Waals surface area contributed by atoms with Crippen LogP contribution < -0.4 is 0 Å². The van der Waals surface area contributed by atoms with Crippen molar-refractivity contribution in [3.05, 3.63) is 35.3 Å². The highest BCUT2D eigenvalue weighted by Gasteiger charge is 1.85. The highest BCUT2D eigenvalue weighted by molar-refractivity contribution is 8.02. The Balaban J connectivity index is 4.00. The third-order valence-electron chi connectivity index (χ3n) is 1.52. The molecule has 1 heteroatoms. The average Bonchev–Trinajstić information content (AvgIpc) is 2.06. The Bertz CT molecular complexity index is 175. The second-order valence-corrected chi connectivity index (χ2v) is 3.15. The van der Waals surface area contributed by atoms with E-state index >= 15 is 0 Å². The first kappa shape index (κ1) is 10.6. The lowest BCUT2D eigenvalue weighted by Gasteiger charge is -1.94. The Hall–Kier alpha value is -0.430. The maximum Gasteiger partial charge on any atom is -0.000275 e. The molecule has 0 unspecified atom stereocenters. The van der Waals surface area contributed by atoms with Crippen molar-refractivity contribution in [2.45, 2.75) is 20.3 Å². The highest BCUT2D eigenvalue weighted by atomic mass is 32.2. The molecular formula is C10H16S. The van der Waals surface area contributed by atoms with Crippen molar-refractivity contribution < 1.29 is 0 Å². The third-order valence-corrected chi connectivity index (χ3v) is 2.18. The minimum atomic E-state index is 1.09. The summed E-state index contributed by atoms with van der Waals surface area (Å²) in [4.78, 5) is 1.11. The summed E-state index contributed by atoms with van der Waals surface area (Å²) >= 11 is 1.68. The molecule has 0 heterocycles. The fraction of sp³-hybridized carbons (Fsp3) is 0.400. The zero-order valence-corrected chi connectivity index (χ0v) is 8.37. The molecule has 0 saturated heterocycles. The molecule has 0 aromatic heterocycles. The van der Waals surface area contributed by atoms with Crippen LogP contribution in [0.15, 0.2) is 35.3 Å². The molecule has 0 aliphatic heterocycles. The molecule has 0 atom stereocenters. The number of thioether (sulfide) groups is 1. The van der Waals surface area contributed by atoms with Gasteiger partial charge in [-0.2, -0.15) is 0 Å². The van der Waals surface area contributed by atoms with Crippen LogP contribution in [-0.2, 0) is 0 Å². The molecule has 62 valence electrons. The van der Waals surface area contributed by atoms with E-state index in [9.17, 15) is 0 Å². The molecule has 0 aliphatic carbocycles. The molecule has 0 fully saturated rings. The van der Waals surface area contributed by atoms with E-state index in [2.05, 4.69) is 38.7 Å². The lowest BCUT2D eigenvalue weighted by atomic mass is 10.2. The topological polar surface area (TPSA) is 0 Å². The van der Waals surface area contributed by atoms with Gasteiger partial charge in [-0.25, -0.2) is 0 Å². The van der Waals surface area contributed by atoms with Crippen LogP contribution in [0.2, 0.25) is 0 Å². The van der Waals surface area contributed by atoms with E-state index in [1.54, 1.807) is 11.8 Å². The summed E-state index contributed by atoms with van der Waals surface area (Å²) in [5.74, 6) is 0. The molecule has 0 rings (SSSR count). The van der Waals surface area contributed by atoms with Gasteiger partial charge in [-0.1, -0.05) is 31.2 Å². The summed E-state index contributed by atoms with van der Waals surface area (Å²) in [5.41, 5.74) is 1.36. The Morgan fingerprint density at radius 2 is 2.09 bits per heavy atom. The van der Waals surface area contributed by atoms with Crippen molar-refractivity contribution in [3.63, 3.8) is 0 Å². The summed E-state index contributed by atoms with van der Waals surface area (Å²) in [6.45, 7) is 8.08. The van der Waals surface area contributed by atoms with Crippen molar-refractivity contribution >= 4 is 11.8 Å². The highest BCUT2D eigenvalue weighted by Crippen LogP contribution is 2.11. The summed E-state index contributed by atoms with van der Waals surface area (Å²) in [6, 6.07) is 0. The van der Waals surface area contributed by atoms with Gasteiger partial charge in [-0.15, -0.1) is 11.8 Å². The standard InChI is InChI=1S/C10H16S/c1-5-10(6-2)8-7-9(3)11-4/h5,7-8H,3,6H2,1-2,4H3/b8-7-,10-5-. The number of rotatable bonds is 4. The Kier molecular flexibility index (Phi) is 6.05. The van der Waals surface area contributed by atoms with E-state index in [-0.39, 0.29) is 0 Å². The molecule has 0 spiro atoms. The molecule has 0 aromatic carbocycles. The van der Waals surface area contributed by atoms with E-state index in [0.29, 0.717) is 0 Å². The molecule has 0 N–H and O–H groups in total. The van der Waals surface area contributed by atoms with E-state index in [0.717, 1.165) is 11.3 Å². The van der Waals surface area contributed by atoms with Crippen LogP contribution in [0.25, 0.3) is 0 Å². The van der Waals surface area contributed by atoms with Gasteiger partial charge >= 0.3 is 0 Å². The molecular weight excluding hydrogens is 152 g/mol. The predicted molar refractivity (Wildman–Crippen MR) is 55.8 cm³/mol. The summed E-state index contributed by atoms with van der Waals surface area (Å²) in [5, 5.41) is 0. The number of hydrogen-bond acceptors (Lipinski definition) is 1. The van der Waals surface area contributed by atoms with Crippen LogP contribution >= 0.6 is 11.8 Å². The van der Waals surface area contributed by atoms with E-state index in [1.165, 1.54) is 5.57 Å². The van der Waals surface area contributed by atoms with Crippen LogP contribution in [-0.4, -0.2) is 6.26 Å². The molecule has 0 aromatic rings. The smallest absolute Gasteiger partial charge is 0.000275 e. The monoisotopic (exact) mass is 168 g/mol. The Morgan fingerprint density at radius 3 is 2.45 bits per heavy atom. The van der Waals surface area contributed by atoms with E-state index in [4.69, 9.17) is 0 Å². The van der Waals surface area contributed by atoms with E-state index < -0.39 is 0 Å². The number of allylic oxidation sites excluding steroid dienone is 4. The van der Waals surface area contributed by atoms with Gasteiger partial charge in [0.25, 0.3) is 0 Å². The van der Waals surface area contributed by atoms with E-state index in [1.807, 2.05) is 6.26 Å². The van der Waals surface area contributed by atoms with Gasteiger partial charge in [0.15, 0.2) is 0 Å². The van der Waals surface area contributed by atoms with Crippen molar-refractivity contribution in [1.82, 2.24) is 0 Å². The third kappa shape index (κ3) is 4.91. The van der Waals surface area contributed by atoms with Crippen molar-refractivity contribution in [3.8, 4) is 0 Å². The minimum absolute atomic E-state index is 1.09. The Labute approximate surface area is 74.1 Å². The molecule has 0 nitrogen and oxygen atoms in total. The molecule has 11 heavy (non-hydrogen) atoms. The predicted octanol–water partition coefficient (Wildman–Crippen LogP) is 3.78. The molecule has 0 saturated carbocycles.